The molecule has 0 atom stereocenters. The fourth-order valence-electron chi connectivity index (χ4n) is 2.93. The van der Waals surface area contributed by atoms with E-state index in [0.29, 0.717) is 40.8 Å². The minimum Gasteiger partial charge on any atom is -0.495 e. The van der Waals surface area contributed by atoms with Crippen LogP contribution in [0.15, 0.2) is 36.4 Å². The molecule has 0 saturated carbocycles. The third-order valence-corrected chi connectivity index (χ3v) is 6.32. The van der Waals surface area contributed by atoms with Gasteiger partial charge in [-0.1, -0.05) is 17.7 Å². The molecule has 1 aliphatic heterocycles. The Morgan fingerprint density at radius 1 is 1.22 bits per heavy atom. The van der Waals surface area contributed by atoms with Crippen LogP contribution < -0.4 is 19.7 Å². The highest BCUT2D eigenvalue weighted by Gasteiger charge is 2.28. The van der Waals surface area contributed by atoms with Crippen LogP contribution in [0.4, 0.5) is 21.9 Å². The summed E-state index contributed by atoms with van der Waals surface area (Å²) < 4.78 is 31.1. The van der Waals surface area contributed by atoms with E-state index >= 15 is 0 Å². The Morgan fingerprint density at radius 3 is 2.70 bits per heavy atom. The highest BCUT2D eigenvalue weighted by atomic mass is 35.5. The van der Waals surface area contributed by atoms with Crippen molar-refractivity contribution < 1.29 is 17.9 Å². The first-order valence-corrected chi connectivity index (χ1v) is 10.4. The number of nitrogens with one attached hydrogen (secondary N) is 2. The van der Waals surface area contributed by atoms with Gasteiger partial charge in [0.05, 0.1) is 24.2 Å². The van der Waals surface area contributed by atoms with E-state index in [-0.39, 0.29) is 5.75 Å². The van der Waals surface area contributed by atoms with Crippen molar-refractivity contribution in [1.29, 1.82) is 0 Å². The SMILES string of the molecule is CCS(=O)(=O)N1CCc2ccc(NC(=O)Nc3cc(Cl)ccc3OC)cc21. The second-order valence-corrected chi connectivity index (χ2v) is 8.61. The van der Waals surface area contributed by atoms with Crippen LogP contribution in [-0.4, -0.2) is 33.9 Å². The summed E-state index contributed by atoms with van der Waals surface area (Å²) in [5.41, 5.74) is 2.47. The van der Waals surface area contributed by atoms with Crippen molar-refractivity contribution in [3.63, 3.8) is 0 Å². The average molecular weight is 410 g/mol. The second kappa shape index (κ2) is 7.66. The van der Waals surface area contributed by atoms with Gasteiger partial charge in [0.25, 0.3) is 0 Å². The lowest BCUT2D eigenvalue weighted by molar-refractivity contribution is 0.262. The summed E-state index contributed by atoms with van der Waals surface area (Å²) in [5.74, 6) is 0.503. The first-order valence-electron chi connectivity index (χ1n) is 8.39. The van der Waals surface area contributed by atoms with E-state index in [2.05, 4.69) is 10.6 Å². The van der Waals surface area contributed by atoms with Gasteiger partial charge in [0.1, 0.15) is 5.75 Å². The number of urea groups is 1. The first-order chi connectivity index (χ1) is 12.8. The van der Waals surface area contributed by atoms with Gasteiger partial charge in [-0.2, -0.15) is 0 Å². The van der Waals surface area contributed by atoms with Crippen molar-refractivity contribution in [1.82, 2.24) is 0 Å². The van der Waals surface area contributed by atoms with Gasteiger partial charge >= 0.3 is 6.03 Å². The average Bonchev–Trinajstić information content (AvgIpc) is 3.06. The number of fused-ring (bicyclic) bond motifs is 1. The van der Waals surface area contributed by atoms with Gasteiger partial charge in [0.15, 0.2) is 0 Å². The molecule has 2 aromatic carbocycles. The van der Waals surface area contributed by atoms with Crippen LogP contribution in [0.25, 0.3) is 0 Å². The van der Waals surface area contributed by atoms with Crippen LogP contribution in [0.1, 0.15) is 12.5 Å². The highest BCUT2D eigenvalue weighted by molar-refractivity contribution is 7.92. The van der Waals surface area contributed by atoms with E-state index in [9.17, 15) is 13.2 Å². The molecule has 27 heavy (non-hydrogen) atoms. The molecular weight excluding hydrogens is 390 g/mol. The van der Waals surface area contributed by atoms with Gasteiger partial charge in [-0.3, -0.25) is 4.31 Å². The van der Waals surface area contributed by atoms with Crippen LogP contribution in [0, 0.1) is 0 Å². The summed E-state index contributed by atoms with van der Waals surface area (Å²) in [5, 5.41) is 5.85. The number of methoxy groups -OCH3 is 1. The van der Waals surface area contributed by atoms with Crippen LogP contribution in [0.5, 0.6) is 5.75 Å². The summed E-state index contributed by atoms with van der Waals surface area (Å²) >= 11 is 5.96. The number of carbonyl (C=O) groups excluding carboxylic acids is 1. The molecule has 9 heteroatoms. The maximum atomic E-state index is 12.3. The van der Waals surface area contributed by atoms with Gasteiger partial charge in [-0.05, 0) is 49.2 Å². The van der Waals surface area contributed by atoms with E-state index < -0.39 is 16.1 Å². The zero-order valence-corrected chi connectivity index (χ0v) is 16.5. The molecule has 0 saturated heterocycles. The lowest BCUT2D eigenvalue weighted by Gasteiger charge is -2.19. The molecule has 2 aromatic rings. The number of rotatable bonds is 5. The fourth-order valence-corrected chi connectivity index (χ4v) is 4.26. The number of carbonyl (C=O) groups is 1. The predicted molar refractivity (Wildman–Crippen MR) is 108 cm³/mol. The van der Waals surface area contributed by atoms with E-state index in [1.807, 2.05) is 6.07 Å². The third kappa shape index (κ3) is 4.12. The maximum Gasteiger partial charge on any atom is 0.323 e. The molecule has 1 heterocycles. The summed E-state index contributed by atoms with van der Waals surface area (Å²) in [6, 6.07) is 9.65. The van der Waals surface area contributed by atoms with E-state index in [4.69, 9.17) is 16.3 Å². The Bertz CT molecular complexity index is 979. The molecule has 0 unspecified atom stereocenters. The molecule has 7 nitrogen and oxygen atoms in total. The van der Waals surface area contributed by atoms with Crippen LogP contribution in [0.2, 0.25) is 5.02 Å². The summed E-state index contributed by atoms with van der Waals surface area (Å²) in [7, 11) is -1.85. The molecule has 2 N–H and O–H groups in total. The fraction of sp³-hybridized carbons (Fsp3) is 0.278. The Morgan fingerprint density at radius 2 is 2.00 bits per heavy atom. The minimum absolute atomic E-state index is 0.0269. The zero-order valence-electron chi connectivity index (χ0n) is 15.0. The van der Waals surface area contributed by atoms with E-state index in [0.717, 1.165) is 5.56 Å². The van der Waals surface area contributed by atoms with Crippen molar-refractivity contribution in [2.45, 2.75) is 13.3 Å². The Balaban J connectivity index is 1.78. The minimum atomic E-state index is -3.35. The molecule has 0 spiro atoms. The molecule has 0 aliphatic carbocycles. The third-order valence-electron chi connectivity index (χ3n) is 4.31. The maximum absolute atomic E-state index is 12.3. The van der Waals surface area contributed by atoms with Crippen LogP contribution in [0.3, 0.4) is 0 Å². The summed E-state index contributed by atoms with van der Waals surface area (Å²) in [6.07, 6.45) is 0.654. The number of benzene rings is 2. The number of nitrogens with zero attached hydrogens (tertiary/aromatic N) is 1. The summed E-state index contributed by atoms with van der Waals surface area (Å²) in [6.45, 7) is 2.03. The second-order valence-electron chi connectivity index (χ2n) is 5.99. The Kier molecular flexibility index (Phi) is 5.48. The first kappa shape index (κ1) is 19.3. The molecule has 0 radical (unpaired) electrons. The van der Waals surface area contributed by atoms with Gasteiger partial charge in [0, 0.05) is 17.3 Å². The molecule has 0 bridgehead atoms. The number of hydrogen-bond acceptors (Lipinski definition) is 4. The number of anilines is 3. The van der Waals surface area contributed by atoms with Gasteiger partial charge in [-0.25, -0.2) is 13.2 Å². The quantitative estimate of drug-likeness (QED) is 0.788. The number of halogens is 1. The topological polar surface area (TPSA) is 87.7 Å². The molecule has 2 amide bonds. The van der Waals surface area contributed by atoms with E-state index in [1.54, 1.807) is 37.3 Å². The van der Waals surface area contributed by atoms with Crippen LogP contribution in [-0.2, 0) is 16.4 Å². The molecule has 144 valence electrons. The number of amides is 2. The number of sulfonamides is 1. The molecular formula is C18H20ClN3O4S. The zero-order chi connectivity index (χ0) is 19.6. The van der Waals surface area contributed by atoms with Gasteiger partial charge in [0.2, 0.25) is 10.0 Å². The largest absolute Gasteiger partial charge is 0.495 e. The highest BCUT2D eigenvalue weighted by Crippen LogP contribution is 2.33. The van der Waals surface area contributed by atoms with Crippen molar-refractivity contribution in [2.24, 2.45) is 0 Å². The molecule has 3 rings (SSSR count). The lowest BCUT2D eigenvalue weighted by Crippen LogP contribution is -2.30. The Labute approximate surface area is 163 Å². The van der Waals surface area contributed by atoms with Crippen molar-refractivity contribution >= 4 is 44.7 Å². The molecule has 0 fully saturated rings. The van der Waals surface area contributed by atoms with Gasteiger partial charge in [-0.15, -0.1) is 0 Å². The van der Waals surface area contributed by atoms with Crippen molar-refractivity contribution in [3.8, 4) is 5.75 Å². The molecule has 0 aromatic heterocycles. The normalized spacial score (nSPS) is 13.2. The lowest BCUT2D eigenvalue weighted by atomic mass is 10.1. The summed E-state index contributed by atoms with van der Waals surface area (Å²) in [4.78, 5) is 12.3. The molecule has 1 aliphatic rings. The number of ether oxygens (including phenoxy) is 1. The Hall–Kier alpha value is -2.45. The van der Waals surface area contributed by atoms with Crippen molar-refractivity contribution in [2.75, 3.05) is 34.3 Å². The van der Waals surface area contributed by atoms with Gasteiger partial charge < -0.3 is 15.4 Å². The number of hydrogen-bond donors (Lipinski definition) is 2. The van der Waals surface area contributed by atoms with Crippen molar-refractivity contribution in [3.05, 3.63) is 47.0 Å². The van der Waals surface area contributed by atoms with Crippen LogP contribution >= 0.6 is 11.6 Å². The standard InChI is InChI=1S/C18H20ClN3O4S/c1-3-27(24,25)22-9-8-12-4-6-14(11-16(12)22)20-18(23)21-15-10-13(19)5-7-17(15)26-2/h4-7,10-11H,3,8-9H2,1-2H3,(H2,20,21,23). The monoisotopic (exact) mass is 409 g/mol. The smallest absolute Gasteiger partial charge is 0.323 e. The predicted octanol–water partition coefficient (Wildman–Crippen LogP) is 3.70. The van der Waals surface area contributed by atoms with E-state index in [1.165, 1.54) is 11.4 Å².